The molecule has 1 aliphatic heterocycles. The summed E-state index contributed by atoms with van der Waals surface area (Å²) in [6, 6.07) is 15.1. The number of aryl methyl sites for hydroxylation is 3. The second kappa shape index (κ2) is 5.27. The summed E-state index contributed by atoms with van der Waals surface area (Å²) in [6.45, 7) is 7.38. The molecule has 2 heterocycles. The Kier molecular flexibility index (Phi) is 3.22. The fourth-order valence-electron chi connectivity index (χ4n) is 3.32. The van der Waals surface area contributed by atoms with Crippen molar-refractivity contribution in [3.8, 4) is 16.9 Å². The van der Waals surface area contributed by atoms with E-state index in [4.69, 9.17) is 5.10 Å². The van der Waals surface area contributed by atoms with Crippen LogP contribution in [-0.2, 0) is 6.42 Å². The fraction of sp³-hybridized carbons (Fsp3) is 0.250. The minimum atomic E-state index is 0.983. The molecule has 116 valence electrons. The number of hydrogen-bond donors (Lipinski definition) is 1. The van der Waals surface area contributed by atoms with Crippen LogP contribution in [0.5, 0.6) is 0 Å². The first kappa shape index (κ1) is 14.1. The van der Waals surface area contributed by atoms with Gasteiger partial charge in [-0.25, -0.2) is 4.68 Å². The first-order chi connectivity index (χ1) is 11.1. The monoisotopic (exact) mass is 303 g/mol. The Labute approximate surface area is 137 Å². The fourth-order valence-corrected chi connectivity index (χ4v) is 3.32. The van der Waals surface area contributed by atoms with Gasteiger partial charge in [-0.05, 0) is 50.5 Å². The van der Waals surface area contributed by atoms with Crippen molar-refractivity contribution in [3.05, 3.63) is 64.7 Å². The van der Waals surface area contributed by atoms with E-state index in [0.29, 0.717) is 0 Å². The summed E-state index contributed by atoms with van der Waals surface area (Å²) in [6.07, 6.45) is 1.03. The van der Waals surface area contributed by atoms with Crippen molar-refractivity contribution in [2.24, 2.45) is 0 Å². The lowest BCUT2D eigenvalue weighted by molar-refractivity contribution is 0.874. The van der Waals surface area contributed by atoms with Crippen LogP contribution in [0.1, 0.15) is 22.3 Å². The predicted molar refractivity (Wildman–Crippen MR) is 95.4 cm³/mol. The molecule has 0 saturated heterocycles. The van der Waals surface area contributed by atoms with Gasteiger partial charge in [-0.3, -0.25) is 0 Å². The van der Waals surface area contributed by atoms with Crippen molar-refractivity contribution in [1.29, 1.82) is 0 Å². The Morgan fingerprint density at radius 1 is 1.00 bits per heavy atom. The maximum Gasteiger partial charge on any atom is 0.133 e. The third kappa shape index (κ3) is 2.33. The summed E-state index contributed by atoms with van der Waals surface area (Å²) >= 11 is 0. The van der Waals surface area contributed by atoms with Gasteiger partial charge in [0.15, 0.2) is 0 Å². The molecule has 0 amide bonds. The van der Waals surface area contributed by atoms with Crippen LogP contribution < -0.4 is 5.32 Å². The number of anilines is 1. The third-order valence-electron chi connectivity index (χ3n) is 4.54. The summed E-state index contributed by atoms with van der Waals surface area (Å²) in [4.78, 5) is 0. The quantitative estimate of drug-likeness (QED) is 0.759. The van der Waals surface area contributed by atoms with Crippen molar-refractivity contribution in [1.82, 2.24) is 9.78 Å². The molecule has 1 aliphatic rings. The highest BCUT2D eigenvalue weighted by atomic mass is 15.3. The van der Waals surface area contributed by atoms with Crippen LogP contribution in [0, 0.1) is 20.8 Å². The minimum Gasteiger partial charge on any atom is -0.369 e. The van der Waals surface area contributed by atoms with Crippen molar-refractivity contribution in [2.45, 2.75) is 27.2 Å². The lowest BCUT2D eigenvalue weighted by Gasteiger charge is -2.10. The van der Waals surface area contributed by atoms with Crippen molar-refractivity contribution in [2.75, 3.05) is 11.9 Å². The molecule has 3 heteroatoms. The van der Waals surface area contributed by atoms with Crippen molar-refractivity contribution in [3.63, 3.8) is 0 Å². The third-order valence-corrected chi connectivity index (χ3v) is 4.54. The molecule has 0 atom stereocenters. The lowest BCUT2D eigenvalue weighted by atomic mass is 10.0. The largest absolute Gasteiger partial charge is 0.369 e. The van der Waals surface area contributed by atoms with Gasteiger partial charge in [-0.15, -0.1) is 0 Å². The van der Waals surface area contributed by atoms with Gasteiger partial charge in [-0.2, -0.15) is 5.10 Å². The molecule has 0 aliphatic carbocycles. The molecule has 0 fully saturated rings. The zero-order valence-electron chi connectivity index (χ0n) is 13.9. The number of benzene rings is 2. The van der Waals surface area contributed by atoms with Gasteiger partial charge >= 0.3 is 0 Å². The molecule has 2 aromatic carbocycles. The molecule has 4 rings (SSSR count). The van der Waals surface area contributed by atoms with Crippen LogP contribution in [0.2, 0.25) is 0 Å². The van der Waals surface area contributed by atoms with Crippen LogP contribution in [0.15, 0.2) is 42.5 Å². The Bertz CT molecular complexity index is 890. The standard InChI is InChI=1S/C20H21N3/c1-13-5-4-6-16(11-13)19-17-9-10-21-20(17)23(22-19)18-12-14(2)7-8-15(18)3/h4-8,11-12,21H,9-10H2,1-3H3. The average Bonchev–Trinajstić information content (AvgIpc) is 3.12. The number of hydrogen-bond acceptors (Lipinski definition) is 2. The number of aromatic nitrogens is 2. The van der Waals surface area contributed by atoms with E-state index in [-0.39, 0.29) is 0 Å². The summed E-state index contributed by atoms with van der Waals surface area (Å²) in [7, 11) is 0. The van der Waals surface area contributed by atoms with E-state index in [0.717, 1.165) is 30.2 Å². The summed E-state index contributed by atoms with van der Waals surface area (Å²) in [5.74, 6) is 1.15. The maximum atomic E-state index is 4.97. The van der Waals surface area contributed by atoms with Crippen molar-refractivity contribution < 1.29 is 0 Å². The zero-order chi connectivity index (χ0) is 16.0. The molecule has 1 N–H and O–H groups in total. The second-order valence-corrected chi connectivity index (χ2v) is 6.42. The second-order valence-electron chi connectivity index (χ2n) is 6.42. The van der Waals surface area contributed by atoms with Gasteiger partial charge < -0.3 is 5.32 Å². The molecular weight excluding hydrogens is 282 g/mol. The van der Waals surface area contributed by atoms with Gasteiger partial charge in [0, 0.05) is 17.7 Å². The number of rotatable bonds is 2. The average molecular weight is 303 g/mol. The Balaban J connectivity index is 1.93. The van der Waals surface area contributed by atoms with E-state index in [1.165, 1.54) is 27.8 Å². The number of nitrogens with zero attached hydrogens (tertiary/aromatic N) is 2. The number of nitrogens with one attached hydrogen (secondary N) is 1. The molecular formula is C20H21N3. The van der Waals surface area contributed by atoms with Crippen molar-refractivity contribution >= 4 is 5.82 Å². The first-order valence-electron chi connectivity index (χ1n) is 8.14. The van der Waals surface area contributed by atoms with Gasteiger partial charge in [0.2, 0.25) is 0 Å². The van der Waals surface area contributed by atoms with Gasteiger partial charge in [0.1, 0.15) is 5.82 Å². The van der Waals surface area contributed by atoms with E-state index >= 15 is 0 Å². The molecule has 1 aromatic heterocycles. The zero-order valence-corrected chi connectivity index (χ0v) is 13.9. The van der Waals surface area contributed by atoms with Crippen LogP contribution in [0.4, 0.5) is 5.82 Å². The molecule has 23 heavy (non-hydrogen) atoms. The summed E-state index contributed by atoms with van der Waals surface area (Å²) in [5, 5.41) is 8.49. The lowest BCUT2D eigenvalue weighted by Crippen LogP contribution is -2.06. The van der Waals surface area contributed by atoms with E-state index in [2.05, 4.69) is 73.2 Å². The Hall–Kier alpha value is -2.55. The molecule has 3 aromatic rings. The maximum absolute atomic E-state index is 4.97. The van der Waals surface area contributed by atoms with E-state index in [9.17, 15) is 0 Å². The Morgan fingerprint density at radius 2 is 1.83 bits per heavy atom. The van der Waals surface area contributed by atoms with Crippen LogP contribution >= 0.6 is 0 Å². The minimum absolute atomic E-state index is 0.983. The highest BCUT2D eigenvalue weighted by molar-refractivity contribution is 5.73. The van der Waals surface area contributed by atoms with E-state index in [1.807, 2.05) is 0 Å². The molecule has 0 spiro atoms. The summed E-state index contributed by atoms with van der Waals surface area (Å²) < 4.78 is 2.09. The normalized spacial score (nSPS) is 13.0. The SMILES string of the molecule is Cc1cccc(-c2nn(-c3cc(C)ccc3C)c3c2CCN3)c1. The number of fused-ring (bicyclic) bond motifs is 1. The molecule has 0 radical (unpaired) electrons. The van der Waals surface area contributed by atoms with Gasteiger partial charge in [0.25, 0.3) is 0 Å². The Morgan fingerprint density at radius 3 is 2.65 bits per heavy atom. The molecule has 0 bridgehead atoms. The predicted octanol–water partition coefficient (Wildman–Crippen LogP) is 4.43. The first-order valence-corrected chi connectivity index (χ1v) is 8.14. The van der Waals surface area contributed by atoms with Crippen LogP contribution in [0.3, 0.4) is 0 Å². The topological polar surface area (TPSA) is 29.9 Å². The molecule has 3 nitrogen and oxygen atoms in total. The summed E-state index contributed by atoms with van der Waals surface area (Å²) in [5.41, 5.74) is 8.56. The van der Waals surface area contributed by atoms with Crippen LogP contribution in [-0.4, -0.2) is 16.3 Å². The van der Waals surface area contributed by atoms with Gasteiger partial charge in [0.05, 0.1) is 11.4 Å². The highest BCUT2D eigenvalue weighted by Gasteiger charge is 2.24. The smallest absolute Gasteiger partial charge is 0.133 e. The highest BCUT2D eigenvalue weighted by Crippen LogP contribution is 2.35. The van der Waals surface area contributed by atoms with Crippen LogP contribution in [0.25, 0.3) is 16.9 Å². The molecule has 0 saturated carbocycles. The van der Waals surface area contributed by atoms with Gasteiger partial charge in [-0.1, -0.05) is 35.9 Å². The van der Waals surface area contributed by atoms with E-state index in [1.54, 1.807) is 0 Å². The van der Waals surface area contributed by atoms with E-state index < -0.39 is 0 Å². The molecule has 0 unspecified atom stereocenters.